The van der Waals surface area contributed by atoms with Crippen LogP contribution >= 0.6 is 0 Å². The van der Waals surface area contributed by atoms with Crippen LogP contribution in [-0.2, 0) is 0 Å². The van der Waals surface area contributed by atoms with E-state index in [1.54, 1.807) is 12.1 Å². The molecule has 0 aliphatic rings. The van der Waals surface area contributed by atoms with E-state index in [2.05, 4.69) is 4.98 Å². The number of aromatic nitrogens is 1. The predicted octanol–water partition coefficient (Wildman–Crippen LogP) is 2.46. The molecule has 2 aromatic rings. The summed E-state index contributed by atoms with van der Waals surface area (Å²) in [5.74, 6) is -0.606. The average molecular weight is 260 g/mol. The molecule has 1 aromatic carbocycles. The van der Waals surface area contributed by atoms with Crippen molar-refractivity contribution in [1.29, 1.82) is 0 Å². The second-order valence-electron chi connectivity index (χ2n) is 4.03. The summed E-state index contributed by atoms with van der Waals surface area (Å²) in [7, 11) is 0. The van der Waals surface area contributed by atoms with Crippen molar-refractivity contribution in [3.8, 4) is 0 Å². The van der Waals surface area contributed by atoms with Gasteiger partial charge in [0.15, 0.2) is 5.58 Å². The van der Waals surface area contributed by atoms with E-state index < -0.39 is 24.4 Å². The molecule has 0 saturated carbocycles. The lowest BCUT2D eigenvalue weighted by Crippen LogP contribution is -2.15. The number of nitrogens with one attached hydrogen (secondary N) is 1. The number of oxazole rings is 1. The molecule has 1 atom stereocenters. The smallest absolute Gasteiger partial charge is 0.408 e. The molecule has 0 aliphatic heterocycles. The topological polar surface area (TPSA) is 72.0 Å². The van der Waals surface area contributed by atoms with Crippen molar-refractivity contribution < 1.29 is 17.6 Å². The van der Waals surface area contributed by atoms with Gasteiger partial charge in [-0.25, -0.2) is 4.79 Å². The van der Waals surface area contributed by atoms with Gasteiger partial charge >= 0.3 is 11.9 Å². The maximum absolute atomic E-state index is 12.1. The summed E-state index contributed by atoms with van der Waals surface area (Å²) in [6, 6.07) is 3.88. The molecule has 2 rings (SSSR count). The number of aromatic amines is 1. The van der Waals surface area contributed by atoms with Crippen LogP contribution in [0.1, 0.15) is 24.4 Å². The van der Waals surface area contributed by atoms with Gasteiger partial charge in [0.25, 0.3) is 0 Å². The molecule has 7 heteroatoms. The maximum atomic E-state index is 12.1. The minimum absolute atomic E-state index is 0.205. The first kappa shape index (κ1) is 12.7. The Morgan fingerprint density at radius 1 is 1.39 bits per heavy atom. The zero-order valence-corrected chi connectivity index (χ0v) is 9.25. The first-order valence-electron chi connectivity index (χ1n) is 5.30. The van der Waals surface area contributed by atoms with E-state index in [0.29, 0.717) is 16.7 Å². The lowest BCUT2D eigenvalue weighted by Gasteiger charge is -2.13. The van der Waals surface area contributed by atoms with Gasteiger partial charge in [-0.3, -0.25) is 4.98 Å². The Morgan fingerprint density at radius 2 is 2.11 bits per heavy atom. The molecule has 18 heavy (non-hydrogen) atoms. The van der Waals surface area contributed by atoms with Crippen LogP contribution < -0.4 is 11.5 Å². The van der Waals surface area contributed by atoms with E-state index in [9.17, 15) is 18.0 Å². The van der Waals surface area contributed by atoms with Gasteiger partial charge in [-0.1, -0.05) is 6.07 Å². The molecule has 1 aromatic heterocycles. The Hall–Kier alpha value is -1.76. The van der Waals surface area contributed by atoms with Gasteiger partial charge < -0.3 is 10.2 Å². The third kappa shape index (κ3) is 2.92. The van der Waals surface area contributed by atoms with Gasteiger partial charge in [-0.2, -0.15) is 13.2 Å². The second-order valence-corrected chi connectivity index (χ2v) is 4.03. The molecular formula is C11H11F3N2O2. The summed E-state index contributed by atoms with van der Waals surface area (Å²) in [6.45, 7) is 0. The molecule has 1 heterocycles. The first-order valence-corrected chi connectivity index (χ1v) is 5.30. The minimum Gasteiger partial charge on any atom is -0.408 e. The first-order chi connectivity index (χ1) is 8.35. The zero-order valence-electron chi connectivity index (χ0n) is 9.25. The largest absolute Gasteiger partial charge is 0.417 e. The van der Waals surface area contributed by atoms with Crippen LogP contribution in [0.4, 0.5) is 13.2 Å². The molecule has 0 bridgehead atoms. The molecule has 0 radical (unpaired) electrons. The van der Waals surface area contributed by atoms with E-state index in [-0.39, 0.29) is 6.42 Å². The molecule has 0 aliphatic carbocycles. The van der Waals surface area contributed by atoms with Gasteiger partial charge in [0.05, 0.1) is 5.52 Å². The molecule has 0 amide bonds. The van der Waals surface area contributed by atoms with Crippen molar-refractivity contribution in [3.63, 3.8) is 0 Å². The maximum Gasteiger partial charge on any atom is 0.417 e. The summed E-state index contributed by atoms with van der Waals surface area (Å²) in [6.07, 6.45) is -5.37. The highest BCUT2D eigenvalue weighted by molar-refractivity contribution is 5.72. The van der Waals surface area contributed by atoms with E-state index in [1.807, 2.05) is 0 Å². The monoisotopic (exact) mass is 260 g/mol. The van der Waals surface area contributed by atoms with E-state index in [0.717, 1.165) is 0 Å². The van der Waals surface area contributed by atoms with Crippen molar-refractivity contribution >= 4 is 11.1 Å². The average Bonchev–Trinajstić information content (AvgIpc) is 2.63. The van der Waals surface area contributed by atoms with Crippen LogP contribution in [-0.4, -0.2) is 11.2 Å². The number of alkyl halides is 3. The van der Waals surface area contributed by atoms with E-state index in [4.69, 9.17) is 10.2 Å². The fraction of sp³-hybridized carbons (Fsp3) is 0.364. The van der Waals surface area contributed by atoms with Crippen LogP contribution in [0.3, 0.4) is 0 Å². The fourth-order valence-electron chi connectivity index (χ4n) is 1.68. The van der Waals surface area contributed by atoms with Crippen LogP contribution in [0, 0.1) is 0 Å². The highest BCUT2D eigenvalue weighted by atomic mass is 19.4. The Morgan fingerprint density at radius 3 is 2.78 bits per heavy atom. The van der Waals surface area contributed by atoms with Gasteiger partial charge in [-0.15, -0.1) is 0 Å². The molecule has 0 spiro atoms. The minimum atomic E-state index is -4.22. The number of nitrogens with two attached hydrogens (primary N) is 1. The molecule has 98 valence electrons. The number of halogens is 3. The number of fused-ring (bicyclic) bond motifs is 1. The van der Waals surface area contributed by atoms with Crippen LogP contribution in [0.25, 0.3) is 11.1 Å². The van der Waals surface area contributed by atoms with Crippen molar-refractivity contribution in [2.45, 2.75) is 25.1 Å². The molecule has 1 unspecified atom stereocenters. The lowest BCUT2D eigenvalue weighted by molar-refractivity contribution is -0.136. The molecule has 4 nitrogen and oxygen atoms in total. The Bertz CT molecular complexity index is 600. The van der Waals surface area contributed by atoms with E-state index >= 15 is 0 Å². The molecule has 0 saturated heterocycles. The van der Waals surface area contributed by atoms with Gasteiger partial charge in [0.2, 0.25) is 0 Å². The number of H-pyrrole nitrogens is 1. The Labute approximate surface area is 99.6 Å². The fourth-order valence-corrected chi connectivity index (χ4v) is 1.68. The second kappa shape index (κ2) is 4.49. The summed E-state index contributed by atoms with van der Waals surface area (Å²) in [4.78, 5) is 13.4. The van der Waals surface area contributed by atoms with Crippen LogP contribution in [0.15, 0.2) is 27.4 Å². The van der Waals surface area contributed by atoms with Gasteiger partial charge in [-0.05, 0) is 24.1 Å². The molecule has 0 fully saturated rings. The normalized spacial score (nSPS) is 14.0. The highest BCUT2D eigenvalue weighted by Crippen LogP contribution is 2.27. The van der Waals surface area contributed by atoms with Crippen molar-refractivity contribution in [1.82, 2.24) is 4.98 Å². The summed E-state index contributed by atoms with van der Waals surface area (Å²) < 4.78 is 41.0. The lowest BCUT2D eigenvalue weighted by atomic mass is 10.0. The zero-order chi connectivity index (χ0) is 13.3. The van der Waals surface area contributed by atoms with Crippen molar-refractivity contribution in [2.24, 2.45) is 5.73 Å². The third-order valence-electron chi connectivity index (χ3n) is 2.61. The van der Waals surface area contributed by atoms with E-state index in [1.165, 1.54) is 6.07 Å². The van der Waals surface area contributed by atoms with Gasteiger partial charge in [0.1, 0.15) is 0 Å². The number of benzene rings is 1. The highest BCUT2D eigenvalue weighted by Gasteiger charge is 2.27. The Balaban J connectivity index is 2.17. The standard InChI is InChI=1S/C11H11F3N2O2/c12-11(13,14)4-3-7(15)6-1-2-8-9(5-6)18-10(17)16-8/h1-2,5,7H,3-4,15H2,(H,16,17). The van der Waals surface area contributed by atoms with Crippen LogP contribution in [0.2, 0.25) is 0 Å². The Kier molecular flexibility index (Phi) is 3.16. The molecular weight excluding hydrogens is 249 g/mol. The summed E-state index contributed by atoms with van der Waals surface area (Å²) >= 11 is 0. The number of hydrogen-bond acceptors (Lipinski definition) is 3. The summed E-state index contributed by atoms with van der Waals surface area (Å²) in [5, 5.41) is 0. The van der Waals surface area contributed by atoms with Crippen LogP contribution in [0.5, 0.6) is 0 Å². The van der Waals surface area contributed by atoms with Crippen molar-refractivity contribution in [2.75, 3.05) is 0 Å². The SMILES string of the molecule is NC(CCC(F)(F)F)c1ccc2[nH]c(=O)oc2c1. The number of hydrogen-bond donors (Lipinski definition) is 2. The predicted molar refractivity (Wildman–Crippen MR) is 59.1 cm³/mol. The quantitative estimate of drug-likeness (QED) is 0.890. The molecule has 3 N–H and O–H groups in total. The van der Waals surface area contributed by atoms with Crippen molar-refractivity contribution in [3.05, 3.63) is 34.3 Å². The number of rotatable bonds is 3. The third-order valence-corrected chi connectivity index (χ3v) is 2.61. The summed E-state index contributed by atoms with van der Waals surface area (Å²) in [5.41, 5.74) is 6.96. The van der Waals surface area contributed by atoms with Gasteiger partial charge in [0, 0.05) is 12.5 Å².